The minimum absolute atomic E-state index is 0.683. The summed E-state index contributed by atoms with van der Waals surface area (Å²) < 4.78 is 16.2. The zero-order chi connectivity index (χ0) is 14.7. The van der Waals surface area contributed by atoms with E-state index in [4.69, 9.17) is 14.2 Å². The van der Waals surface area contributed by atoms with Gasteiger partial charge in [0, 0.05) is 17.8 Å². The quantitative estimate of drug-likeness (QED) is 0.856. The predicted molar refractivity (Wildman–Crippen MR) is 78.8 cm³/mol. The second-order valence-corrected chi connectivity index (χ2v) is 4.53. The van der Waals surface area contributed by atoms with Crippen LogP contribution in [0.2, 0.25) is 0 Å². The van der Waals surface area contributed by atoms with E-state index in [1.165, 1.54) is 0 Å². The minimum atomic E-state index is 0.683. The average Bonchev–Trinajstić information content (AvgIpc) is 2.48. The first-order valence-corrected chi connectivity index (χ1v) is 6.35. The minimum Gasteiger partial charge on any atom is -0.496 e. The highest BCUT2D eigenvalue weighted by molar-refractivity contribution is 5.77. The summed E-state index contributed by atoms with van der Waals surface area (Å²) in [5, 5.41) is 0. The molecular formula is C16H19NO3. The molecule has 0 aliphatic carbocycles. The number of benzene rings is 1. The van der Waals surface area contributed by atoms with Gasteiger partial charge in [0.2, 0.25) is 0 Å². The fraction of sp³-hybridized carbons (Fsp3) is 0.312. The van der Waals surface area contributed by atoms with E-state index in [-0.39, 0.29) is 0 Å². The summed E-state index contributed by atoms with van der Waals surface area (Å²) in [4.78, 5) is 4.61. The summed E-state index contributed by atoms with van der Waals surface area (Å²) in [6.07, 6.45) is 0. The summed E-state index contributed by atoms with van der Waals surface area (Å²) in [6.45, 7) is 3.98. The van der Waals surface area contributed by atoms with Crippen LogP contribution in [0.3, 0.4) is 0 Å². The van der Waals surface area contributed by atoms with Gasteiger partial charge < -0.3 is 14.2 Å². The molecule has 0 aliphatic rings. The van der Waals surface area contributed by atoms with Gasteiger partial charge in [0.25, 0.3) is 0 Å². The summed E-state index contributed by atoms with van der Waals surface area (Å²) in [6, 6.07) is 7.70. The molecule has 1 aromatic heterocycles. The van der Waals surface area contributed by atoms with Crippen molar-refractivity contribution < 1.29 is 14.2 Å². The van der Waals surface area contributed by atoms with Crippen LogP contribution in [-0.4, -0.2) is 26.3 Å². The number of aromatic nitrogens is 1. The Morgan fingerprint density at radius 1 is 0.850 bits per heavy atom. The van der Waals surface area contributed by atoms with Crippen LogP contribution in [0.25, 0.3) is 11.3 Å². The molecule has 0 radical (unpaired) electrons. The molecule has 1 aromatic carbocycles. The van der Waals surface area contributed by atoms with Crippen molar-refractivity contribution in [2.45, 2.75) is 13.8 Å². The fourth-order valence-electron chi connectivity index (χ4n) is 2.12. The van der Waals surface area contributed by atoms with E-state index in [1.807, 2.05) is 38.1 Å². The third kappa shape index (κ3) is 2.54. The highest BCUT2D eigenvalue weighted by Crippen LogP contribution is 2.42. The molecule has 4 heteroatoms. The van der Waals surface area contributed by atoms with E-state index in [1.54, 1.807) is 21.3 Å². The molecule has 2 aromatic rings. The summed E-state index contributed by atoms with van der Waals surface area (Å²) in [7, 11) is 4.87. The molecule has 0 fully saturated rings. The number of hydrogen-bond acceptors (Lipinski definition) is 4. The Balaban J connectivity index is 2.74. The maximum Gasteiger partial charge on any atom is 0.135 e. The van der Waals surface area contributed by atoms with Crippen molar-refractivity contribution in [2.24, 2.45) is 0 Å². The van der Waals surface area contributed by atoms with Crippen LogP contribution in [0.15, 0.2) is 24.3 Å². The van der Waals surface area contributed by atoms with Gasteiger partial charge >= 0.3 is 0 Å². The Bertz CT molecular complexity index is 598. The SMILES string of the molecule is COc1cc(OC)c(-c2nc(C)ccc2C)c(OC)c1. The number of nitrogens with zero attached hydrogens (tertiary/aromatic N) is 1. The lowest BCUT2D eigenvalue weighted by Crippen LogP contribution is -1.99. The van der Waals surface area contributed by atoms with Gasteiger partial charge in [-0.05, 0) is 25.5 Å². The molecular weight excluding hydrogens is 254 g/mol. The number of ether oxygens (including phenoxy) is 3. The van der Waals surface area contributed by atoms with Gasteiger partial charge in [-0.15, -0.1) is 0 Å². The van der Waals surface area contributed by atoms with Crippen LogP contribution in [0.5, 0.6) is 17.2 Å². The highest BCUT2D eigenvalue weighted by Gasteiger charge is 2.18. The molecule has 0 saturated carbocycles. The van der Waals surface area contributed by atoms with Crippen molar-refractivity contribution in [1.29, 1.82) is 0 Å². The molecule has 0 unspecified atom stereocenters. The zero-order valence-corrected chi connectivity index (χ0v) is 12.5. The molecule has 0 aliphatic heterocycles. The Kier molecular flexibility index (Phi) is 4.13. The van der Waals surface area contributed by atoms with Crippen LogP contribution in [0.1, 0.15) is 11.3 Å². The lowest BCUT2D eigenvalue weighted by Gasteiger charge is -2.16. The summed E-state index contributed by atoms with van der Waals surface area (Å²) >= 11 is 0. The van der Waals surface area contributed by atoms with E-state index in [2.05, 4.69) is 4.98 Å². The largest absolute Gasteiger partial charge is 0.496 e. The normalized spacial score (nSPS) is 10.2. The molecule has 1 heterocycles. The van der Waals surface area contributed by atoms with E-state index in [9.17, 15) is 0 Å². The van der Waals surface area contributed by atoms with Gasteiger partial charge in [0.05, 0.1) is 32.6 Å². The molecule has 0 amide bonds. The highest BCUT2D eigenvalue weighted by atomic mass is 16.5. The fourth-order valence-corrected chi connectivity index (χ4v) is 2.12. The predicted octanol–water partition coefficient (Wildman–Crippen LogP) is 3.39. The smallest absolute Gasteiger partial charge is 0.135 e. The van der Waals surface area contributed by atoms with Crippen molar-refractivity contribution in [2.75, 3.05) is 21.3 Å². The topological polar surface area (TPSA) is 40.6 Å². The van der Waals surface area contributed by atoms with E-state index in [0.29, 0.717) is 17.2 Å². The van der Waals surface area contributed by atoms with Crippen molar-refractivity contribution in [3.8, 4) is 28.5 Å². The van der Waals surface area contributed by atoms with Crippen molar-refractivity contribution >= 4 is 0 Å². The van der Waals surface area contributed by atoms with Gasteiger partial charge in [-0.2, -0.15) is 0 Å². The Morgan fingerprint density at radius 3 is 1.95 bits per heavy atom. The van der Waals surface area contributed by atoms with Crippen LogP contribution in [-0.2, 0) is 0 Å². The molecule has 0 N–H and O–H groups in total. The number of hydrogen-bond donors (Lipinski definition) is 0. The summed E-state index contributed by atoms with van der Waals surface area (Å²) in [5.41, 5.74) is 3.72. The van der Waals surface area contributed by atoms with Gasteiger partial charge in [0.1, 0.15) is 17.2 Å². The molecule has 4 nitrogen and oxygen atoms in total. The molecule has 0 spiro atoms. The van der Waals surface area contributed by atoms with E-state index in [0.717, 1.165) is 22.5 Å². The number of pyridine rings is 1. The van der Waals surface area contributed by atoms with Gasteiger partial charge in [0.15, 0.2) is 0 Å². The van der Waals surface area contributed by atoms with Crippen molar-refractivity contribution in [3.63, 3.8) is 0 Å². The second kappa shape index (κ2) is 5.82. The maximum atomic E-state index is 5.48. The number of methoxy groups -OCH3 is 3. The van der Waals surface area contributed by atoms with Crippen LogP contribution >= 0.6 is 0 Å². The van der Waals surface area contributed by atoms with Gasteiger partial charge in [-0.3, -0.25) is 4.98 Å². The standard InChI is InChI=1S/C16H19NO3/c1-10-6-7-11(2)17-16(10)15-13(19-4)8-12(18-3)9-14(15)20-5/h6-9H,1-5H3. The van der Waals surface area contributed by atoms with E-state index < -0.39 is 0 Å². The van der Waals surface area contributed by atoms with Crippen molar-refractivity contribution in [1.82, 2.24) is 4.98 Å². The molecule has 0 saturated heterocycles. The average molecular weight is 273 g/mol. The van der Waals surface area contributed by atoms with Crippen LogP contribution in [0, 0.1) is 13.8 Å². The Hall–Kier alpha value is -2.23. The monoisotopic (exact) mass is 273 g/mol. The second-order valence-electron chi connectivity index (χ2n) is 4.53. The molecule has 0 atom stereocenters. The number of rotatable bonds is 4. The third-order valence-electron chi connectivity index (χ3n) is 3.19. The van der Waals surface area contributed by atoms with Crippen LogP contribution in [0.4, 0.5) is 0 Å². The third-order valence-corrected chi connectivity index (χ3v) is 3.19. The van der Waals surface area contributed by atoms with Gasteiger partial charge in [-0.25, -0.2) is 0 Å². The maximum absolute atomic E-state index is 5.48. The first kappa shape index (κ1) is 14.2. The first-order chi connectivity index (χ1) is 9.60. The molecule has 0 bridgehead atoms. The van der Waals surface area contributed by atoms with Crippen LogP contribution < -0.4 is 14.2 Å². The van der Waals surface area contributed by atoms with E-state index >= 15 is 0 Å². The molecule has 20 heavy (non-hydrogen) atoms. The molecule has 2 rings (SSSR count). The number of aryl methyl sites for hydroxylation is 2. The first-order valence-electron chi connectivity index (χ1n) is 6.35. The zero-order valence-electron chi connectivity index (χ0n) is 12.5. The summed E-state index contributed by atoms with van der Waals surface area (Å²) in [5.74, 6) is 2.05. The van der Waals surface area contributed by atoms with Gasteiger partial charge in [-0.1, -0.05) is 6.07 Å². The Labute approximate surface area is 119 Å². The van der Waals surface area contributed by atoms with Crippen molar-refractivity contribution in [3.05, 3.63) is 35.5 Å². The lowest BCUT2D eigenvalue weighted by molar-refractivity contribution is 0.377. The molecule has 106 valence electrons. The Morgan fingerprint density at radius 2 is 1.45 bits per heavy atom. The lowest BCUT2D eigenvalue weighted by atomic mass is 10.0.